The van der Waals surface area contributed by atoms with Gasteiger partial charge in [-0.2, -0.15) is 0 Å². The summed E-state index contributed by atoms with van der Waals surface area (Å²) < 4.78 is 13.5. The summed E-state index contributed by atoms with van der Waals surface area (Å²) in [7, 11) is 0. The lowest BCUT2D eigenvalue weighted by atomic mass is 10.00. The molecule has 18 heavy (non-hydrogen) atoms. The second-order valence-electron chi connectivity index (χ2n) is 4.79. The van der Waals surface area contributed by atoms with Crippen LogP contribution in [0.4, 0.5) is 4.39 Å². The summed E-state index contributed by atoms with van der Waals surface area (Å²) in [6.45, 7) is 6.19. The summed E-state index contributed by atoms with van der Waals surface area (Å²) in [4.78, 5) is 2.42. The molecule has 1 fully saturated rings. The largest absolute Gasteiger partial charge is 0.314 e. The molecule has 1 aromatic rings. The van der Waals surface area contributed by atoms with E-state index in [4.69, 9.17) is 11.6 Å². The predicted octanol–water partition coefficient (Wildman–Crippen LogP) is 3.23. The van der Waals surface area contributed by atoms with E-state index in [9.17, 15) is 4.39 Å². The highest BCUT2D eigenvalue weighted by molar-refractivity contribution is 6.30. The fourth-order valence-corrected chi connectivity index (χ4v) is 2.83. The number of piperazine rings is 1. The molecule has 0 amide bonds. The summed E-state index contributed by atoms with van der Waals surface area (Å²) in [5.74, 6) is -0.242. The van der Waals surface area contributed by atoms with E-state index in [2.05, 4.69) is 17.1 Å². The van der Waals surface area contributed by atoms with Gasteiger partial charge >= 0.3 is 0 Å². The molecule has 1 aliphatic heterocycles. The smallest absolute Gasteiger partial charge is 0.125 e. The molecule has 4 heteroatoms. The van der Waals surface area contributed by atoms with Crippen LogP contribution >= 0.6 is 11.6 Å². The molecule has 0 aliphatic carbocycles. The van der Waals surface area contributed by atoms with Crippen molar-refractivity contribution in [2.45, 2.75) is 25.8 Å². The molecule has 1 aliphatic rings. The van der Waals surface area contributed by atoms with Crippen LogP contribution in [0.25, 0.3) is 0 Å². The molecule has 1 saturated heterocycles. The van der Waals surface area contributed by atoms with Gasteiger partial charge in [0.15, 0.2) is 0 Å². The van der Waals surface area contributed by atoms with Crippen molar-refractivity contribution < 1.29 is 4.39 Å². The molecule has 100 valence electrons. The van der Waals surface area contributed by atoms with Gasteiger partial charge in [0.2, 0.25) is 0 Å². The van der Waals surface area contributed by atoms with Crippen LogP contribution in [0.5, 0.6) is 0 Å². The van der Waals surface area contributed by atoms with Crippen molar-refractivity contribution in [3.8, 4) is 0 Å². The number of halogens is 2. The highest BCUT2D eigenvalue weighted by Gasteiger charge is 2.22. The van der Waals surface area contributed by atoms with Crippen molar-refractivity contribution in [1.82, 2.24) is 10.2 Å². The fraction of sp³-hybridized carbons (Fsp3) is 0.571. The lowest BCUT2D eigenvalue weighted by molar-refractivity contribution is 0.164. The Morgan fingerprint density at radius 2 is 2.06 bits per heavy atom. The SMILES string of the molecule is CCC[C@@H](c1cc(F)cc(Cl)c1)N1CCNCC1. The Labute approximate surface area is 113 Å². The van der Waals surface area contributed by atoms with Crippen LogP contribution in [0.1, 0.15) is 31.4 Å². The van der Waals surface area contributed by atoms with Gasteiger partial charge in [0.25, 0.3) is 0 Å². The van der Waals surface area contributed by atoms with Gasteiger partial charge in [0, 0.05) is 37.2 Å². The van der Waals surface area contributed by atoms with Crippen molar-refractivity contribution in [2.24, 2.45) is 0 Å². The van der Waals surface area contributed by atoms with E-state index in [0.717, 1.165) is 44.6 Å². The minimum absolute atomic E-state index is 0.242. The average molecular weight is 271 g/mol. The molecule has 0 saturated carbocycles. The zero-order valence-electron chi connectivity index (χ0n) is 10.8. The third-order valence-electron chi connectivity index (χ3n) is 3.42. The van der Waals surface area contributed by atoms with Crippen LogP contribution in [-0.2, 0) is 0 Å². The van der Waals surface area contributed by atoms with Crippen LogP contribution in [0.3, 0.4) is 0 Å². The molecule has 0 spiro atoms. The molecule has 0 unspecified atom stereocenters. The second kappa shape index (κ2) is 6.50. The van der Waals surface area contributed by atoms with Gasteiger partial charge in [-0.1, -0.05) is 24.9 Å². The minimum Gasteiger partial charge on any atom is -0.314 e. The van der Waals surface area contributed by atoms with E-state index >= 15 is 0 Å². The van der Waals surface area contributed by atoms with E-state index in [1.807, 2.05) is 6.07 Å². The second-order valence-corrected chi connectivity index (χ2v) is 5.23. The standard InChI is InChI=1S/C14H20ClFN2/c1-2-3-14(18-6-4-17-5-7-18)11-8-12(15)10-13(16)9-11/h8-10,14,17H,2-7H2,1H3/t14-/m0/s1. The van der Waals surface area contributed by atoms with E-state index < -0.39 is 0 Å². The van der Waals surface area contributed by atoms with Crippen molar-refractivity contribution in [3.63, 3.8) is 0 Å². The lowest BCUT2D eigenvalue weighted by Gasteiger charge is -2.35. The topological polar surface area (TPSA) is 15.3 Å². The summed E-state index contributed by atoms with van der Waals surface area (Å²) in [6.07, 6.45) is 2.13. The van der Waals surface area contributed by atoms with Crippen molar-refractivity contribution in [3.05, 3.63) is 34.6 Å². The number of nitrogens with one attached hydrogen (secondary N) is 1. The van der Waals surface area contributed by atoms with Crippen LogP contribution in [0.2, 0.25) is 5.02 Å². The molecule has 0 radical (unpaired) electrons. The highest BCUT2D eigenvalue weighted by Crippen LogP contribution is 2.28. The number of hydrogen-bond acceptors (Lipinski definition) is 2. The Morgan fingerprint density at radius 3 is 2.67 bits per heavy atom. The Bertz CT molecular complexity index is 371. The first kappa shape index (κ1) is 13.8. The van der Waals surface area contributed by atoms with Crippen molar-refractivity contribution in [1.29, 1.82) is 0 Å². The third kappa shape index (κ3) is 3.44. The zero-order valence-corrected chi connectivity index (χ0v) is 11.5. The van der Waals surface area contributed by atoms with Gasteiger partial charge in [0.1, 0.15) is 5.82 Å². The van der Waals surface area contributed by atoms with Crippen LogP contribution in [0.15, 0.2) is 18.2 Å². The first-order valence-electron chi connectivity index (χ1n) is 6.61. The maximum atomic E-state index is 13.5. The summed E-state index contributed by atoms with van der Waals surface area (Å²) in [5, 5.41) is 3.83. The van der Waals surface area contributed by atoms with Gasteiger partial charge in [-0.3, -0.25) is 4.90 Å². The molecular weight excluding hydrogens is 251 g/mol. The highest BCUT2D eigenvalue weighted by atomic mass is 35.5. The number of rotatable bonds is 4. The Kier molecular flexibility index (Phi) is 4.98. The van der Waals surface area contributed by atoms with Crippen molar-refractivity contribution in [2.75, 3.05) is 26.2 Å². The molecule has 2 nitrogen and oxygen atoms in total. The fourth-order valence-electron chi connectivity index (χ4n) is 2.59. The van der Waals surface area contributed by atoms with E-state index in [-0.39, 0.29) is 11.9 Å². The quantitative estimate of drug-likeness (QED) is 0.904. The van der Waals surface area contributed by atoms with E-state index in [1.165, 1.54) is 6.07 Å². The molecule has 1 aromatic carbocycles. The molecule has 1 N–H and O–H groups in total. The van der Waals surface area contributed by atoms with E-state index in [0.29, 0.717) is 5.02 Å². The molecule has 2 rings (SSSR count). The molecule has 1 heterocycles. The average Bonchev–Trinajstić information content (AvgIpc) is 2.36. The van der Waals surface area contributed by atoms with Gasteiger partial charge < -0.3 is 5.32 Å². The number of hydrogen-bond donors (Lipinski definition) is 1. The maximum absolute atomic E-state index is 13.5. The van der Waals surface area contributed by atoms with Gasteiger partial charge in [-0.05, 0) is 30.2 Å². The molecule has 0 bridgehead atoms. The van der Waals surface area contributed by atoms with Crippen LogP contribution in [-0.4, -0.2) is 31.1 Å². The molecule has 1 atom stereocenters. The molecule has 0 aromatic heterocycles. The van der Waals surface area contributed by atoms with E-state index in [1.54, 1.807) is 6.07 Å². The third-order valence-corrected chi connectivity index (χ3v) is 3.64. The van der Waals surface area contributed by atoms with Crippen LogP contribution in [0, 0.1) is 5.82 Å². The minimum atomic E-state index is -0.242. The Morgan fingerprint density at radius 1 is 1.33 bits per heavy atom. The zero-order chi connectivity index (χ0) is 13.0. The Balaban J connectivity index is 2.22. The van der Waals surface area contributed by atoms with Crippen molar-refractivity contribution >= 4 is 11.6 Å². The number of nitrogens with zero attached hydrogens (tertiary/aromatic N) is 1. The van der Waals surface area contributed by atoms with Gasteiger partial charge in [0.05, 0.1) is 0 Å². The normalized spacial score (nSPS) is 18.8. The number of benzene rings is 1. The van der Waals surface area contributed by atoms with Crippen LogP contribution < -0.4 is 5.32 Å². The maximum Gasteiger partial charge on any atom is 0.125 e. The first-order chi connectivity index (χ1) is 8.70. The van der Waals surface area contributed by atoms with Gasteiger partial charge in [-0.15, -0.1) is 0 Å². The summed E-state index contributed by atoms with van der Waals surface area (Å²) in [6, 6.07) is 5.16. The van der Waals surface area contributed by atoms with Gasteiger partial charge in [-0.25, -0.2) is 4.39 Å². The Hall–Kier alpha value is -0.640. The summed E-state index contributed by atoms with van der Waals surface area (Å²) >= 11 is 5.96. The lowest BCUT2D eigenvalue weighted by Crippen LogP contribution is -2.45. The first-order valence-corrected chi connectivity index (χ1v) is 6.99. The monoisotopic (exact) mass is 270 g/mol. The molecular formula is C14H20ClFN2. The predicted molar refractivity (Wildman–Crippen MR) is 73.5 cm³/mol. The summed E-state index contributed by atoms with van der Waals surface area (Å²) in [5.41, 5.74) is 1.00.